The molecule has 2 nitrogen and oxygen atoms in total. The van der Waals surface area contributed by atoms with Gasteiger partial charge in [-0.25, -0.2) is 4.39 Å². The van der Waals surface area contributed by atoms with Gasteiger partial charge in [0.2, 0.25) is 0 Å². The maximum Gasteiger partial charge on any atom is 0.128 e. The molecule has 0 radical (unpaired) electrons. The third-order valence-corrected chi connectivity index (χ3v) is 3.69. The third-order valence-electron chi connectivity index (χ3n) is 3.69. The standard InChI is InChI=1S/C14H17FN2/c1-11-3-4-13(15)12(9-11)14(10-16)5-7-17(2)8-6-14/h3-4,9H,5-8H2,1-2H3. The van der Waals surface area contributed by atoms with E-state index in [1.165, 1.54) is 6.07 Å². The zero-order valence-electron chi connectivity index (χ0n) is 10.3. The predicted molar refractivity (Wildman–Crippen MR) is 65.2 cm³/mol. The van der Waals surface area contributed by atoms with Crippen molar-refractivity contribution in [3.8, 4) is 6.07 Å². The second-order valence-electron chi connectivity index (χ2n) is 4.98. The molecule has 3 heteroatoms. The normalized spacial score (nSPS) is 19.9. The van der Waals surface area contributed by atoms with Gasteiger partial charge in [-0.15, -0.1) is 0 Å². The molecule has 1 aliphatic rings. The summed E-state index contributed by atoms with van der Waals surface area (Å²) in [6, 6.07) is 7.40. The maximum absolute atomic E-state index is 13.9. The van der Waals surface area contributed by atoms with Crippen LogP contribution in [0.3, 0.4) is 0 Å². The average molecular weight is 232 g/mol. The average Bonchev–Trinajstić information content (AvgIpc) is 2.34. The van der Waals surface area contributed by atoms with Crippen LogP contribution in [0.1, 0.15) is 24.0 Å². The minimum absolute atomic E-state index is 0.248. The molecule has 90 valence electrons. The Morgan fingerprint density at radius 1 is 1.35 bits per heavy atom. The fourth-order valence-corrected chi connectivity index (χ4v) is 2.45. The molecule has 0 unspecified atom stereocenters. The van der Waals surface area contributed by atoms with Crippen molar-refractivity contribution in [2.45, 2.75) is 25.2 Å². The van der Waals surface area contributed by atoms with Crippen LogP contribution in [-0.2, 0) is 5.41 Å². The summed E-state index contributed by atoms with van der Waals surface area (Å²) in [5, 5.41) is 9.46. The van der Waals surface area contributed by atoms with Crippen LogP contribution < -0.4 is 0 Å². The van der Waals surface area contributed by atoms with Gasteiger partial charge in [-0.2, -0.15) is 5.26 Å². The number of piperidine rings is 1. The number of rotatable bonds is 1. The molecule has 2 rings (SSSR count). The molecular formula is C14H17FN2. The minimum Gasteiger partial charge on any atom is -0.306 e. The summed E-state index contributed by atoms with van der Waals surface area (Å²) >= 11 is 0. The van der Waals surface area contributed by atoms with Crippen molar-refractivity contribution in [3.05, 3.63) is 35.1 Å². The van der Waals surface area contributed by atoms with E-state index in [1.54, 1.807) is 6.07 Å². The lowest BCUT2D eigenvalue weighted by Crippen LogP contribution is -2.40. The highest BCUT2D eigenvalue weighted by atomic mass is 19.1. The van der Waals surface area contributed by atoms with E-state index in [0.717, 1.165) is 18.7 Å². The van der Waals surface area contributed by atoms with Gasteiger partial charge in [0.05, 0.1) is 11.5 Å². The van der Waals surface area contributed by atoms with Crippen molar-refractivity contribution in [1.82, 2.24) is 4.90 Å². The number of nitriles is 1. The number of hydrogen-bond acceptors (Lipinski definition) is 2. The van der Waals surface area contributed by atoms with E-state index in [4.69, 9.17) is 0 Å². The minimum atomic E-state index is -0.636. The van der Waals surface area contributed by atoms with Gasteiger partial charge in [0.15, 0.2) is 0 Å². The first-order valence-electron chi connectivity index (χ1n) is 5.94. The van der Waals surface area contributed by atoms with Crippen LogP contribution in [0.15, 0.2) is 18.2 Å². The van der Waals surface area contributed by atoms with Crippen LogP contribution in [0.2, 0.25) is 0 Å². The summed E-state index contributed by atoms with van der Waals surface area (Å²) in [7, 11) is 2.04. The fourth-order valence-electron chi connectivity index (χ4n) is 2.45. The van der Waals surface area contributed by atoms with Crippen molar-refractivity contribution in [1.29, 1.82) is 5.26 Å². The predicted octanol–water partition coefficient (Wildman–Crippen LogP) is 2.62. The van der Waals surface area contributed by atoms with Gasteiger partial charge in [-0.1, -0.05) is 17.7 Å². The molecule has 1 aromatic carbocycles. The summed E-state index contributed by atoms with van der Waals surface area (Å²) < 4.78 is 13.9. The third kappa shape index (κ3) is 2.18. The van der Waals surface area contributed by atoms with Gasteiger partial charge >= 0.3 is 0 Å². The lowest BCUT2D eigenvalue weighted by Gasteiger charge is -2.36. The molecule has 0 spiro atoms. The number of likely N-dealkylation sites (tertiary alicyclic amines) is 1. The van der Waals surface area contributed by atoms with Crippen LogP contribution in [0.5, 0.6) is 0 Å². The smallest absolute Gasteiger partial charge is 0.128 e. The number of halogens is 1. The van der Waals surface area contributed by atoms with Crippen LogP contribution in [0.4, 0.5) is 4.39 Å². The highest BCUT2D eigenvalue weighted by Gasteiger charge is 2.37. The Morgan fingerprint density at radius 2 is 2.00 bits per heavy atom. The van der Waals surface area contributed by atoms with E-state index in [1.807, 2.05) is 20.0 Å². The Kier molecular flexibility index (Phi) is 3.17. The SMILES string of the molecule is Cc1ccc(F)c(C2(C#N)CCN(C)CC2)c1. The van der Waals surface area contributed by atoms with E-state index < -0.39 is 5.41 Å². The monoisotopic (exact) mass is 232 g/mol. The number of aryl methyl sites for hydroxylation is 1. The molecular weight excluding hydrogens is 215 g/mol. The lowest BCUT2D eigenvalue weighted by molar-refractivity contribution is 0.219. The van der Waals surface area contributed by atoms with Crippen LogP contribution in [0.25, 0.3) is 0 Å². The molecule has 0 atom stereocenters. The summed E-state index contributed by atoms with van der Waals surface area (Å²) in [5.74, 6) is -0.248. The fraction of sp³-hybridized carbons (Fsp3) is 0.500. The number of benzene rings is 1. The summed E-state index contributed by atoms with van der Waals surface area (Å²) in [5.41, 5.74) is 0.950. The molecule has 0 N–H and O–H groups in total. The maximum atomic E-state index is 13.9. The molecule has 1 saturated heterocycles. The second-order valence-corrected chi connectivity index (χ2v) is 4.98. The Balaban J connectivity index is 2.42. The quantitative estimate of drug-likeness (QED) is 0.744. The van der Waals surface area contributed by atoms with Crippen molar-refractivity contribution in [2.24, 2.45) is 0 Å². The van der Waals surface area contributed by atoms with Gasteiger partial charge in [0.1, 0.15) is 5.82 Å². The zero-order chi connectivity index (χ0) is 12.5. The van der Waals surface area contributed by atoms with Crippen LogP contribution in [0, 0.1) is 24.1 Å². The summed E-state index contributed by atoms with van der Waals surface area (Å²) in [4.78, 5) is 2.18. The van der Waals surface area contributed by atoms with Gasteiger partial charge in [0.25, 0.3) is 0 Å². The summed E-state index contributed by atoms with van der Waals surface area (Å²) in [6.07, 6.45) is 1.42. The molecule has 0 aromatic heterocycles. The van der Waals surface area contributed by atoms with Crippen molar-refractivity contribution >= 4 is 0 Å². The second kappa shape index (κ2) is 4.46. The van der Waals surface area contributed by atoms with Gasteiger partial charge in [0, 0.05) is 5.56 Å². The highest BCUT2D eigenvalue weighted by Crippen LogP contribution is 2.36. The summed E-state index contributed by atoms with van der Waals surface area (Å²) in [6.45, 7) is 3.63. The molecule has 1 aliphatic heterocycles. The number of hydrogen-bond donors (Lipinski definition) is 0. The lowest BCUT2D eigenvalue weighted by atomic mass is 9.73. The van der Waals surface area contributed by atoms with E-state index in [9.17, 15) is 9.65 Å². The van der Waals surface area contributed by atoms with Crippen molar-refractivity contribution in [3.63, 3.8) is 0 Å². The van der Waals surface area contributed by atoms with E-state index >= 15 is 0 Å². The first kappa shape index (κ1) is 12.1. The molecule has 1 fully saturated rings. The first-order valence-corrected chi connectivity index (χ1v) is 5.94. The molecule has 0 bridgehead atoms. The highest BCUT2D eigenvalue weighted by molar-refractivity contribution is 5.37. The molecule has 17 heavy (non-hydrogen) atoms. The van der Waals surface area contributed by atoms with Gasteiger partial charge in [-0.05, 0) is 46.0 Å². The molecule has 0 aliphatic carbocycles. The van der Waals surface area contributed by atoms with E-state index in [-0.39, 0.29) is 5.82 Å². The molecule has 1 heterocycles. The van der Waals surface area contributed by atoms with E-state index in [0.29, 0.717) is 18.4 Å². The van der Waals surface area contributed by atoms with Gasteiger partial charge < -0.3 is 4.90 Å². The van der Waals surface area contributed by atoms with Crippen molar-refractivity contribution < 1.29 is 4.39 Å². The zero-order valence-corrected chi connectivity index (χ0v) is 10.3. The Morgan fingerprint density at radius 3 is 2.59 bits per heavy atom. The Labute approximate surface area is 102 Å². The van der Waals surface area contributed by atoms with E-state index in [2.05, 4.69) is 11.0 Å². The molecule has 0 amide bonds. The van der Waals surface area contributed by atoms with Crippen molar-refractivity contribution in [2.75, 3.05) is 20.1 Å². The largest absolute Gasteiger partial charge is 0.306 e. The first-order chi connectivity index (χ1) is 8.07. The topological polar surface area (TPSA) is 27.0 Å². The van der Waals surface area contributed by atoms with Crippen LogP contribution in [-0.4, -0.2) is 25.0 Å². The molecule has 0 saturated carbocycles. The van der Waals surface area contributed by atoms with Gasteiger partial charge in [-0.3, -0.25) is 0 Å². The number of nitrogens with zero attached hydrogens (tertiary/aromatic N) is 2. The Bertz CT molecular complexity index is 454. The Hall–Kier alpha value is -1.40. The van der Waals surface area contributed by atoms with Crippen LogP contribution >= 0.6 is 0 Å². The molecule has 1 aromatic rings.